The lowest BCUT2D eigenvalue weighted by atomic mass is 10.5. The predicted molar refractivity (Wildman–Crippen MR) is 56.9 cm³/mol. The molecule has 0 fully saturated rings. The van der Waals surface area contributed by atoms with Crippen LogP contribution in [-0.2, 0) is 20.1 Å². The molecule has 0 aliphatic carbocycles. The second kappa shape index (κ2) is 4.30. The smallest absolute Gasteiger partial charge is 0.299 e. The zero-order chi connectivity index (χ0) is 11.5. The molecule has 0 saturated carbocycles. The van der Waals surface area contributed by atoms with Gasteiger partial charge in [-0.3, -0.25) is 9.13 Å². The summed E-state index contributed by atoms with van der Waals surface area (Å²) in [5.74, 6) is 0.541. The average Bonchev–Trinajstić information content (AvgIpc) is 2.80. The molecule has 0 radical (unpaired) electrons. The lowest BCUT2D eigenvalue weighted by molar-refractivity contribution is 0.609. The summed E-state index contributed by atoms with van der Waals surface area (Å²) < 4.78 is 3.25. The van der Waals surface area contributed by atoms with Gasteiger partial charge in [0.1, 0.15) is 0 Å². The van der Waals surface area contributed by atoms with Crippen LogP contribution in [-0.4, -0.2) is 29.3 Å². The van der Waals surface area contributed by atoms with Crippen LogP contribution in [0.5, 0.6) is 0 Å². The normalized spacial score (nSPS) is 10.9. The molecule has 2 aromatic rings. The van der Waals surface area contributed by atoms with E-state index in [1.165, 1.54) is 4.80 Å². The highest BCUT2D eigenvalue weighted by atomic mass is 16.1. The summed E-state index contributed by atoms with van der Waals surface area (Å²) >= 11 is 0. The summed E-state index contributed by atoms with van der Waals surface area (Å²) in [5, 5.41) is 11.6. The van der Waals surface area contributed by atoms with Gasteiger partial charge in [-0.2, -0.15) is 4.80 Å². The summed E-state index contributed by atoms with van der Waals surface area (Å²) in [6.07, 6.45) is 4.46. The quantitative estimate of drug-likeness (QED) is 0.707. The van der Waals surface area contributed by atoms with Crippen molar-refractivity contribution in [1.82, 2.24) is 29.3 Å². The fraction of sp³-hybridized carbons (Fsp3) is 0.556. The number of hydrogen-bond acceptors (Lipinski definition) is 4. The number of aryl methyl sites for hydroxylation is 2. The summed E-state index contributed by atoms with van der Waals surface area (Å²) in [5.41, 5.74) is -0.0331. The van der Waals surface area contributed by atoms with E-state index >= 15 is 0 Å². The van der Waals surface area contributed by atoms with Gasteiger partial charge in [0.05, 0.1) is 13.6 Å². The van der Waals surface area contributed by atoms with E-state index in [2.05, 4.69) is 15.4 Å². The van der Waals surface area contributed by atoms with Gasteiger partial charge < -0.3 is 0 Å². The van der Waals surface area contributed by atoms with E-state index in [9.17, 15) is 4.79 Å². The monoisotopic (exact) mass is 222 g/mol. The van der Waals surface area contributed by atoms with Crippen molar-refractivity contribution < 1.29 is 0 Å². The van der Waals surface area contributed by atoms with Crippen LogP contribution >= 0.6 is 0 Å². The SMILES string of the molecule is CCCn1ccn(Cc2nnn(C)n2)c1=O. The third-order valence-corrected chi connectivity index (χ3v) is 2.24. The van der Waals surface area contributed by atoms with Gasteiger partial charge in [0.15, 0.2) is 5.82 Å². The Morgan fingerprint density at radius 3 is 2.69 bits per heavy atom. The Bertz CT molecular complexity index is 522. The maximum Gasteiger partial charge on any atom is 0.328 e. The second-order valence-electron chi connectivity index (χ2n) is 3.60. The van der Waals surface area contributed by atoms with Crippen LogP contribution < -0.4 is 5.69 Å². The van der Waals surface area contributed by atoms with Crippen LogP contribution in [0, 0.1) is 0 Å². The minimum absolute atomic E-state index is 0.0331. The first-order chi connectivity index (χ1) is 7.70. The molecule has 0 unspecified atom stereocenters. The molecule has 0 bridgehead atoms. The van der Waals surface area contributed by atoms with E-state index in [1.54, 1.807) is 28.6 Å². The number of aromatic nitrogens is 6. The van der Waals surface area contributed by atoms with Gasteiger partial charge in [-0.15, -0.1) is 10.2 Å². The molecule has 2 aromatic heterocycles. The van der Waals surface area contributed by atoms with Gasteiger partial charge in [0.2, 0.25) is 0 Å². The van der Waals surface area contributed by atoms with E-state index in [4.69, 9.17) is 0 Å². The molecule has 16 heavy (non-hydrogen) atoms. The lowest BCUT2D eigenvalue weighted by Crippen LogP contribution is -2.24. The summed E-state index contributed by atoms with van der Waals surface area (Å²) in [7, 11) is 1.70. The van der Waals surface area contributed by atoms with E-state index in [0.29, 0.717) is 12.4 Å². The highest BCUT2D eigenvalue weighted by molar-refractivity contribution is 4.87. The molecule has 7 nitrogen and oxygen atoms in total. The van der Waals surface area contributed by atoms with Crippen molar-refractivity contribution in [2.45, 2.75) is 26.4 Å². The summed E-state index contributed by atoms with van der Waals surface area (Å²) in [6.45, 7) is 3.14. The molecule has 0 aromatic carbocycles. The Morgan fingerprint density at radius 2 is 2.06 bits per heavy atom. The Labute approximate surface area is 92.3 Å². The van der Waals surface area contributed by atoms with Crippen molar-refractivity contribution in [1.29, 1.82) is 0 Å². The first-order valence-electron chi connectivity index (χ1n) is 5.19. The van der Waals surface area contributed by atoms with Gasteiger partial charge in [-0.1, -0.05) is 6.92 Å². The molecule has 0 N–H and O–H groups in total. The number of hydrogen-bond donors (Lipinski definition) is 0. The number of rotatable bonds is 4. The number of nitrogens with zero attached hydrogens (tertiary/aromatic N) is 6. The molecule has 0 saturated heterocycles. The van der Waals surface area contributed by atoms with Crippen molar-refractivity contribution >= 4 is 0 Å². The standard InChI is InChI=1S/C9H14N6O/c1-3-4-14-5-6-15(9(14)16)7-8-10-12-13(2)11-8/h5-6H,3-4,7H2,1-2H3. The molecule has 0 amide bonds. The van der Waals surface area contributed by atoms with Crippen molar-refractivity contribution in [3.63, 3.8) is 0 Å². The van der Waals surface area contributed by atoms with Crippen LogP contribution in [0.3, 0.4) is 0 Å². The fourth-order valence-electron chi connectivity index (χ4n) is 1.52. The Hall–Kier alpha value is -1.92. The Balaban J connectivity index is 2.19. The van der Waals surface area contributed by atoms with E-state index in [-0.39, 0.29) is 5.69 Å². The third-order valence-electron chi connectivity index (χ3n) is 2.24. The van der Waals surface area contributed by atoms with Crippen LogP contribution in [0.25, 0.3) is 0 Å². The molecule has 2 rings (SSSR count). The van der Waals surface area contributed by atoms with Gasteiger partial charge in [0.25, 0.3) is 0 Å². The highest BCUT2D eigenvalue weighted by Gasteiger charge is 2.06. The third kappa shape index (κ3) is 2.02. The molecular formula is C9H14N6O. The highest BCUT2D eigenvalue weighted by Crippen LogP contribution is 1.92. The minimum atomic E-state index is -0.0331. The molecule has 7 heteroatoms. The fourth-order valence-corrected chi connectivity index (χ4v) is 1.52. The Morgan fingerprint density at radius 1 is 1.31 bits per heavy atom. The van der Waals surface area contributed by atoms with E-state index < -0.39 is 0 Å². The molecule has 0 atom stereocenters. The molecular weight excluding hydrogens is 208 g/mol. The molecule has 0 aliphatic heterocycles. The maximum atomic E-state index is 11.8. The van der Waals surface area contributed by atoms with Crippen molar-refractivity contribution in [2.75, 3.05) is 0 Å². The summed E-state index contributed by atoms with van der Waals surface area (Å²) in [4.78, 5) is 13.2. The number of tetrazole rings is 1. The van der Waals surface area contributed by atoms with Gasteiger partial charge in [0, 0.05) is 18.9 Å². The van der Waals surface area contributed by atoms with Gasteiger partial charge in [-0.25, -0.2) is 4.79 Å². The molecule has 2 heterocycles. The minimum Gasteiger partial charge on any atom is -0.299 e. The summed E-state index contributed by atoms with van der Waals surface area (Å²) in [6, 6.07) is 0. The lowest BCUT2D eigenvalue weighted by Gasteiger charge is -1.97. The zero-order valence-corrected chi connectivity index (χ0v) is 9.37. The van der Waals surface area contributed by atoms with Crippen LogP contribution in [0.15, 0.2) is 17.2 Å². The average molecular weight is 222 g/mol. The van der Waals surface area contributed by atoms with Gasteiger partial charge >= 0.3 is 5.69 Å². The van der Waals surface area contributed by atoms with Crippen molar-refractivity contribution in [2.24, 2.45) is 7.05 Å². The second-order valence-corrected chi connectivity index (χ2v) is 3.60. The largest absolute Gasteiger partial charge is 0.328 e. The topological polar surface area (TPSA) is 70.5 Å². The first kappa shape index (κ1) is 10.6. The molecule has 0 aliphatic rings. The van der Waals surface area contributed by atoms with Gasteiger partial charge in [-0.05, 0) is 11.6 Å². The van der Waals surface area contributed by atoms with Crippen LogP contribution in [0.4, 0.5) is 0 Å². The Kier molecular flexibility index (Phi) is 2.84. The molecule has 0 spiro atoms. The van der Waals surface area contributed by atoms with Crippen LogP contribution in [0.2, 0.25) is 0 Å². The first-order valence-corrected chi connectivity index (χ1v) is 5.19. The van der Waals surface area contributed by atoms with E-state index in [1.807, 2.05) is 6.92 Å². The number of imidazole rings is 1. The molecule has 86 valence electrons. The van der Waals surface area contributed by atoms with E-state index in [0.717, 1.165) is 13.0 Å². The van der Waals surface area contributed by atoms with Crippen molar-refractivity contribution in [3.8, 4) is 0 Å². The zero-order valence-electron chi connectivity index (χ0n) is 9.37. The van der Waals surface area contributed by atoms with Crippen molar-refractivity contribution in [3.05, 3.63) is 28.7 Å². The maximum absolute atomic E-state index is 11.8. The predicted octanol–water partition coefficient (Wildman–Crippen LogP) is -0.368. The van der Waals surface area contributed by atoms with Crippen LogP contribution in [0.1, 0.15) is 19.2 Å².